The molecule has 3 N–H and O–H groups in total. The Bertz CT molecular complexity index is 726. The Morgan fingerprint density at radius 1 is 1.37 bits per heavy atom. The molecule has 0 fully saturated rings. The van der Waals surface area contributed by atoms with Gasteiger partial charge in [-0.3, -0.25) is 4.72 Å². The average molecular weight is 362 g/mol. The van der Waals surface area contributed by atoms with Gasteiger partial charge in [0, 0.05) is 5.69 Å². The second-order valence-corrected chi connectivity index (χ2v) is 8.03. The van der Waals surface area contributed by atoms with Gasteiger partial charge >= 0.3 is 0 Å². The van der Waals surface area contributed by atoms with E-state index in [0.717, 1.165) is 3.79 Å². The van der Waals surface area contributed by atoms with Crippen LogP contribution in [0.4, 0.5) is 10.8 Å². The lowest BCUT2D eigenvalue weighted by Crippen LogP contribution is -2.16. The highest BCUT2D eigenvalue weighted by atomic mass is 79.9. The van der Waals surface area contributed by atoms with Gasteiger partial charge in [-0.05, 0) is 47.0 Å². The maximum atomic E-state index is 12.4. The number of thiazole rings is 1. The lowest BCUT2D eigenvalue weighted by molar-refractivity contribution is 0.600. The number of halogens is 1. The molecule has 102 valence electrons. The van der Waals surface area contributed by atoms with Crippen LogP contribution in [0.1, 0.15) is 11.1 Å². The summed E-state index contributed by atoms with van der Waals surface area (Å²) in [5.74, 6) is 0. The first-order chi connectivity index (χ1) is 8.81. The highest BCUT2D eigenvalue weighted by Gasteiger charge is 2.22. The number of anilines is 2. The molecule has 0 saturated heterocycles. The number of nitrogen functional groups attached to an aromatic ring is 1. The van der Waals surface area contributed by atoms with Crippen molar-refractivity contribution in [2.45, 2.75) is 18.7 Å². The van der Waals surface area contributed by atoms with Crippen LogP contribution in [0.5, 0.6) is 0 Å². The van der Waals surface area contributed by atoms with Crippen LogP contribution >= 0.6 is 27.3 Å². The van der Waals surface area contributed by atoms with Crippen molar-refractivity contribution in [2.24, 2.45) is 0 Å². The molecule has 0 spiro atoms. The number of aromatic nitrogens is 1. The van der Waals surface area contributed by atoms with E-state index in [4.69, 9.17) is 5.73 Å². The molecule has 1 heterocycles. The van der Waals surface area contributed by atoms with E-state index >= 15 is 0 Å². The zero-order valence-corrected chi connectivity index (χ0v) is 13.5. The number of hydrogen-bond acceptors (Lipinski definition) is 5. The van der Waals surface area contributed by atoms with Gasteiger partial charge in [0.25, 0.3) is 10.0 Å². The molecule has 19 heavy (non-hydrogen) atoms. The number of nitrogens with one attached hydrogen (secondary N) is 1. The first-order valence-electron chi connectivity index (χ1n) is 5.31. The highest BCUT2D eigenvalue weighted by molar-refractivity contribution is 9.11. The van der Waals surface area contributed by atoms with Gasteiger partial charge < -0.3 is 5.73 Å². The average Bonchev–Trinajstić information content (AvgIpc) is 2.68. The summed E-state index contributed by atoms with van der Waals surface area (Å²) in [5, 5.41) is 0.313. The lowest BCUT2D eigenvalue weighted by atomic mass is 10.1. The van der Waals surface area contributed by atoms with Crippen molar-refractivity contribution in [1.29, 1.82) is 0 Å². The minimum absolute atomic E-state index is 0.207. The maximum absolute atomic E-state index is 12.4. The zero-order valence-electron chi connectivity index (χ0n) is 10.3. The SMILES string of the molecule is Cc1ccc(N)c(C)c1S(=O)(=O)Nc1ncc(Br)s1. The van der Waals surface area contributed by atoms with E-state index in [1.165, 1.54) is 11.3 Å². The largest absolute Gasteiger partial charge is 0.398 e. The molecule has 0 amide bonds. The fraction of sp³-hybridized carbons (Fsp3) is 0.182. The Morgan fingerprint density at radius 3 is 2.63 bits per heavy atom. The van der Waals surface area contributed by atoms with Crippen LogP contribution in [0, 0.1) is 13.8 Å². The molecular formula is C11H12BrN3O2S2. The first-order valence-corrected chi connectivity index (χ1v) is 8.40. The summed E-state index contributed by atoms with van der Waals surface area (Å²) in [4.78, 5) is 4.17. The third-order valence-electron chi connectivity index (χ3n) is 2.61. The molecule has 0 aliphatic carbocycles. The highest BCUT2D eigenvalue weighted by Crippen LogP contribution is 2.29. The quantitative estimate of drug-likeness (QED) is 0.823. The molecule has 0 bridgehead atoms. The van der Waals surface area contributed by atoms with E-state index in [2.05, 4.69) is 25.6 Å². The predicted molar refractivity (Wildman–Crippen MR) is 81.0 cm³/mol. The summed E-state index contributed by atoms with van der Waals surface area (Å²) in [6, 6.07) is 3.39. The molecule has 8 heteroatoms. The number of aryl methyl sites for hydroxylation is 1. The monoisotopic (exact) mass is 361 g/mol. The fourth-order valence-electron chi connectivity index (χ4n) is 1.72. The summed E-state index contributed by atoms with van der Waals surface area (Å²) in [7, 11) is -3.69. The minimum atomic E-state index is -3.69. The van der Waals surface area contributed by atoms with Crippen molar-refractivity contribution in [1.82, 2.24) is 4.98 Å². The number of sulfonamides is 1. The number of rotatable bonds is 3. The van der Waals surface area contributed by atoms with E-state index in [-0.39, 0.29) is 4.90 Å². The Hall–Kier alpha value is -1.12. The van der Waals surface area contributed by atoms with Crippen LogP contribution in [0.2, 0.25) is 0 Å². The molecule has 0 aliphatic rings. The minimum Gasteiger partial charge on any atom is -0.398 e. The topological polar surface area (TPSA) is 85.1 Å². The van der Waals surface area contributed by atoms with Crippen LogP contribution in [0.25, 0.3) is 0 Å². The fourth-order valence-corrected chi connectivity index (χ4v) is 4.57. The molecule has 2 aromatic rings. The Kier molecular flexibility index (Phi) is 3.84. The normalized spacial score (nSPS) is 11.5. The van der Waals surface area contributed by atoms with E-state index in [9.17, 15) is 8.42 Å². The molecule has 0 radical (unpaired) electrons. The standard InChI is InChI=1S/C11H12BrN3O2S2/c1-6-3-4-8(13)7(2)10(6)19(16,17)15-11-14-5-9(12)18-11/h3-5H,13H2,1-2H3,(H,14,15). The van der Waals surface area contributed by atoms with Gasteiger partial charge in [0.2, 0.25) is 0 Å². The van der Waals surface area contributed by atoms with Crippen LogP contribution in [-0.2, 0) is 10.0 Å². The molecule has 0 aliphatic heterocycles. The number of hydrogen-bond donors (Lipinski definition) is 2. The second kappa shape index (κ2) is 5.10. The van der Waals surface area contributed by atoms with Crippen LogP contribution in [0.3, 0.4) is 0 Å². The lowest BCUT2D eigenvalue weighted by Gasteiger charge is -2.12. The van der Waals surface area contributed by atoms with Gasteiger partial charge in [-0.25, -0.2) is 13.4 Å². The Balaban J connectivity index is 2.48. The van der Waals surface area contributed by atoms with Crippen LogP contribution < -0.4 is 10.5 Å². The molecule has 0 saturated carbocycles. The Labute approximate surface area is 124 Å². The molecule has 1 aromatic heterocycles. The Morgan fingerprint density at radius 2 is 2.05 bits per heavy atom. The van der Waals surface area contributed by atoms with Crippen molar-refractivity contribution in [3.63, 3.8) is 0 Å². The van der Waals surface area contributed by atoms with Gasteiger partial charge in [0.15, 0.2) is 5.13 Å². The first kappa shape index (κ1) is 14.3. The van der Waals surface area contributed by atoms with Crippen LogP contribution in [-0.4, -0.2) is 13.4 Å². The van der Waals surface area contributed by atoms with Gasteiger partial charge in [0.1, 0.15) is 0 Å². The van der Waals surface area contributed by atoms with E-state index < -0.39 is 10.0 Å². The van der Waals surface area contributed by atoms with Gasteiger partial charge in [-0.15, -0.1) is 0 Å². The molecule has 0 unspecified atom stereocenters. The van der Waals surface area contributed by atoms with Crippen molar-refractivity contribution >= 4 is 48.1 Å². The third kappa shape index (κ3) is 2.90. The molecule has 5 nitrogen and oxygen atoms in total. The van der Waals surface area contributed by atoms with Crippen molar-refractivity contribution in [3.05, 3.63) is 33.2 Å². The summed E-state index contributed by atoms with van der Waals surface area (Å²) in [5.41, 5.74) is 7.41. The van der Waals surface area contributed by atoms with E-state index in [0.29, 0.717) is 21.9 Å². The molecule has 2 rings (SSSR count). The maximum Gasteiger partial charge on any atom is 0.264 e. The number of nitrogens with two attached hydrogens (primary N) is 1. The predicted octanol–water partition coefficient (Wildman–Crippen LogP) is 2.91. The van der Waals surface area contributed by atoms with E-state index in [1.807, 2.05) is 0 Å². The van der Waals surface area contributed by atoms with Gasteiger partial charge in [-0.2, -0.15) is 0 Å². The van der Waals surface area contributed by atoms with Gasteiger partial charge in [0.05, 0.1) is 14.9 Å². The smallest absolute Gasteiger partial charge is 0.264 e. The van der Waals surface area contributed by atoms with Crippen molar-refractivity contribution in [3.8, 4) is 0 Å². The molecule has 1 aromatic carbocycles. The number of nitrogens with zero attached hydrogens (tertiary/aromatic N) is 1. The summed E-state index contributed by atoms with van der Waals surface area (Å²) in [6.45, 7) is 3.42. The zero-order chi connectivity index (χ0) is 14.2. The van der Waals surface area contributed by atoms with Crippen LogP contribution in [0.15, 0.2) is 27.0 Å². The molecular weight excluding hydrogens is 350 g/mol. The summed E-state index contributed by atoms with van der Waals surface area (Å²) >= 11 is 4.45. The van der Waals surface area contributed by atoms with Crippen molar-refractivity contribution < 1.29 is 8.42 Å². The number of benzene rings is 1. The third-order valence-corrected chi connectivity index (χ3v) is 5.76. The molecule has 0 atom stereocenters. The van der Waals surface area contributed by atoms with Gasteiger partial charge in [-0.1, -0.05) is 17.4 Å². The van der Waals surface area contributed by atoms with Crippen molar-refractivity contribution in [2.75, 3.05) is 10.5 Å². The second-order valence-electron chi connectivity index (χ2n) is 4.00. The summed E-state index contributed by atoms with van der Waals surface area (Å²) in [6.07, 6.45) is 1.54. The summed E-state index contributed by atoms with van der Waals surface area (Å²) < 4.78 is 28.0. The van der Waals surface area contributed by atoms with E-state index in [1.54, 1.807) is 32.2 Å².